The highest BCUT2D eigenvalue weighted by Crippen LogP contribution is 2.38. The second kappa shape index (κ2) is 10.8. The first-order valence-corrected chi connectivity index (χ1v) is 12.2. The minimum Gasteiger partial charge on any atom is -0.493 e. The number of amides is 1. The normalized spacial score (nSPS) is 14.5. The molecule has 188 valence electrons. The molecule has 3 aromatic carbocycles. The Labute approximate surface area is 219 Å². The molecule has 1 aliphatic heterocycles. The van der Waals surface area contributed by atoms with E-state index in [1.54, 1.807) is 11.8 Å². The van der Waals surface area contributed by atoms with Crippen LogP contribution < -0.4 is 20.1 Å². The van der Waals surface area contributed by atoms with Crippen LogP contribution >= 0.6 is 11.6 Å². The maximum absolute atomic E-state index is 13.5. The van der Waals surface area contributed by atoms with E-state index in [1.165, 1.54) is 6.33 Å². The van der Waals surface area contributed by atoms with Gasteiger partial charge in [0.05, 0.1) is 12.7 Å². The van der Waals surface area contributed by atoms with Gasteiger partial charge in [-0.3, -0.25) is 4.79 Å². The highest BCUT2D eigenvalue weighted by Gasteiger charge is 2.33. The van der Waals surface area contributed by atoms with E-state index in [0.717, 1.165) is 16.7 Å². The number of carbonyl (C=O) groups is 1. The van der Waals surface area contributed by atoms with Crippen LogP contribution in [0, 0.1) is 0 Å². The van der Waals surface area contributed by atoms with Crippen LogP contribution in [0.4, 0.5) is 5.95 Å². The van der Waals surface area contributed by atoms with Gasteiger partial charge < -0.3 is 20.1 Å². The molecular weight excluding hydrogens is 490 g/mol. The lowest BCUT2D eigenvalue weighted by Crippen LogP contribution is -2.34. The minimum atomic E-state index is -0.513. The van der Waals surface area contributed by atoms with Gasteiger partial charge in [0.25, 0.3) is 5.91 Å². The first-order valence-electron chi connectivity index (χ1n) is 11.8. The number of hydrogen-bond acceptors (Lipinski definition) is 6. The number of allylic oxidation sites excluding steroid dienone is 1. The van der Waals surface area contributed by atoms with Crippen LogP contribution in [-0.2, 0) is 17.9 Å². The van der Waals surface area contributed by atoms with Gasteiger partial charge in [0.15, 0.2) is 11.5 Å². The molecule has 1 unspecified atom stereocenters. The number of nitrogens with one attached hydrogen (secondary N) is 2. The third-order valence-electron chi connectivity index (χ3n) is 6.18. The summed E-state index contributed by atoms with van der Waals surface area (Å²) in [6, 6.07) is 22.4. The molecule has 0 aliphatic carbocycles. The molecule has 1 aromatic heterocycles. The maximum atomic E-state index is 13.5. The number of fused-ring (bicyclic) bond motifs is 1. The number of hydrogen-bond donors (Lipinski definition) is 2. The quantitative estimate of drug-likeness (QED) is 0.338. The van der Waals surface area contributed by atoms with Gasteiger partial charge >= 0.3 is 0 Å². The van der Waals surface area contributed by atoms with Crippen molar-refractivity contribution in [3.05, 3.63) is 112 Å². The number of nitrogens with zero attached hydrogens (tertiary/aromatic N) is 3. The maximum Gasteiger partial charge on any atom is 0.251 e. The van der Waals surface area contributed by atoms with Crippen molar-refractivity contribution in [2.45, 2.75) is 26.1 Å². The summed E-state index contributed by atoms with van der Waals surface area (Å²) in [5, 5.41) is 11.3. The lowest BCUT2D eigenvalue weighted by atomic mass is 9.94. The van der Waals surface area contributed by atoms with Crippen LogP contribution in [0.3, 0.4) is 0 Å². The molecule has 1 atom stereocenters. The van der Waals surface area contributed by atoms with E-state index in [-0.39, 0.29) is 5.91 Å². The van der Waals surface area contributed by atoms with Crippen LogP contribution in [0.1, 0.15) is 29.7 Å². The Morgan fingerprint density at radius 1 is 1.08 bits per heavy atom. The summed E-state index contributed by atoms with van der Waals surface area (Å²) in [6.45, 7) is 2.56. The van der Waals surface area contributed by atoms with Crippen molar-refractivity contribution in [3.63, 3.8) is 0 Å². The van der Waals surface area contributed by atoms with Crippen molar-refractivity contribution < 1.29 is 14.3 Å². The van der Waals surface area contributed by atoms with Crippen molar-refractivity contribution in [1.82, 2.24) is 20.1 Å². The SMILES string of the molecule is COc1cc(C2C(C(=O)NCc3ccccc3)=C(C)Nc3ncnn32)ccc1OCc1ccccc1Cl. The molecule has 0 radical (unpaired) electrons. The summed E-state index contributed by atoms with van der Waals surface area (Å²) >= 11 is 6.28. The van der Waals surface area contributed by atoms with Gasteiger partial charge in [-0.25, -0.2) is 4.68 Å². The predicted octanol–water partition coefficient (Wildman–Crippen LogP) is 5.12. The molecule has 2 heterocycles. The van der Waals surface area contributed by atoms with E-state index in [9.17, 15) is 4.79 Å². The molecule has 0 fully saturated rings. The molecule has 37 heavy (non-hydrogen) atoms. The molecule has 1 aliphatic rings. The van der Waals surface area contributed by atoms with Crippen molar-refractivity contribution in [3.8, 4) is 11.5 Å². The average Bonchev–Trinajstić information content (AvgIpc) is 3.39. The molecule has 1 amide bonds. The van der Waals surface area contributed by atoms with Crippen LogP contribution in [0.2, 0.25) is 5.02 Å². The van der Waals surface area contributed by atoms with Crippen LogP contribution in [0.15, 0.2) is 90.4 Å². The summed E-state index contributed by atoms with van der Waals surface area (Å²) in [7, 11) is 1.58. The topological polar surface area (TPSA) is 90.3 Å². The fourth-order valence-electron chi connectivity index (χ4n) is 4.31. The van der Waals surface area contributed by atoms with Gasteiger partial charge in [-0.05, 0) is 36.2 Å². The average molecular weight is 516 g/mol. The number of halogens is 1. The Hall–Kier alpha value is -4.30. The van der Waals surface area contributed by atoms with Crippen LogP contribution in [0.5, 0.6) is 11.5 Å². The second-order valence-corrected chi connectivity index (χ2v) is 8.96. The third-order valence-corrected chi connectivity index (χ3v) is 6.55. The summed E-state index contributed by atoms with van der Waals surface area (Å²) < 4.78 is 13.4. The highest BCUT2D eigenvalue weighted by atomic mass is 35.5. The molecule has 9 heteroatoms. The second-order valence-electron chi connectivity index (χ2n) is 8.55. The Morgan fingerprint density at radius 2 is 1.86 bits per heavy atom. The Balaban J connectivity index is 1.44. The third kappa shape index (κ3) is 5.15. The Kier molecular flexibility index (Phi) is 7.09. The zero-order chi connectivity index (χ0) is 25.8. The van der Waals surface area contributed by atoms with Gasteiger partial charge in [0, 0.05) is 22.8 Å². The van der Waals surface area contributed by atoms with Crippen molar-refractivity contribution in [1.29, 1.82) is 0 Å². The largest absolute Gasteiger partial charge is 0.493 e. The molecule has 0 saturated heterocycles. The summed E-state index contributed by atoms with van der Waals surface area (Å²) in [4.78, 5) is 17.8. The van der Waals surface area contributed by atoms with Crippen LogP contribution in [-0.4, -0.2) is 27.8 Å². The van der Waals surface area contributed by atoms with E-state index in [4.69, 9.17) is 21.1 Å². The fraction of sp³-hybridized carbons (Fsp3) is 0.179. The molecular formula is C28H26ClN5O3. The highest BCUT2D eigenvalue weighted by molar-refractivity contribution is 6.31. The first-order chi connectivity index (χ1) is 18.0. The molecule has 0 spiro atoms. The monoisotopic (exact) mass is 515 g/mol. The smallest absolute Gasteiger partial charge is 0.251 e. The lowest BCUT2D eigenvalue weighted by Gasteiger charge is -2.29. The standard InChI is InChI=1S/C28H26ClN5O3/c1-18-25(27(35)30-15-19-8-4-3-5-9-19)26(34-28(33-18)31-17-32-34)20-12-13-23(24(14-20)36-2)37-16-21-10-6-7-11-22(21)29/h3-14,17,26H,15-16H2,1-2H3,(H,30,35)(H,31,32,33). The molecule has 5 rings (SSSR count). The molecule has 0 saturated carbocycles. The van der Waals surface area contributed by atoms with Gasteiger partial charge in [0.1, 0.15) is 19.0 Å². The first kappa shape index (κ1) is 24.4. The van der Waals surface area contributed by atoms with E-state index in [1.807, 2.05) is 79.7 Å². The molecule has 0 bridgehead atoms. The Morgan fingerprint density at radius 3 is 2.65 bits per heavy atom. The summed E-state index contributed by atoms with van der Waals surface area (Å²) in [6.07, 6.45) is 1.46. The molecule has 2 N–H and O–H groups in total. The van der Waals surface area contributed by atoms with Gasteiger partial charge in [-0.15, -0.1) is 0 Å². The van der Waals surface area contributed by atoms with E-state index in [2.05, 4.69) is 20.7 Å². The minimum absolute atomic E-state index is 0.196. The van der Waals surface area contributed by atoms with Gasteiger partial charge in [-0.2, -0.15) is 10.1 Å². The number of ether oxygens (including phenoxy) is 2. The Bertz CT molecular complexity index is 1450. The zero-order valence-corrected chi connectivity index (χ0v) is 21.2. The predicted molar refractivity (Wildman–Crippen MR) is 142 cm³/mol. The van der Waals surface area contributed by atoms with Crippen molar-refractivity contribution in [2.75, 3.05) is 12.4 Å². The zero-order valence-electron chi connectivity index (χ0n) is 20.4. The fourth-order valence-corrected chi connectivity index (χ4v) is 4.50. The number of anilines is 1. The summed E-state index contributed by atoms with van der Waals surface area (Å²) in [5.74, 6) is 1.46. The number of aromatic nitrogens is 3. The molecule has 8 nitrogen and oxygen atoms in total. The van der Waals surface area contributed by atoms with Crippen LogP contribution in [0.25, 0.3) is 0 Å². The summed E-state index contributed by atoms with van der Waals surface area (Å²) in [5.41, 5.74) is 3.93. The molecule has 4 aromatic rings. The number of benzene rings is 3. The van der Waals surface area contributed by atoms with Crippen molar-refractivity contribution >= 4 is 23.5 Å². The van der Waals surface area contributed by atoms with Gasteiger partial charge in [0.2, 0.25) is 5.95 Å². The van der Waals surface area contributed by atoms with Gasteiger partial charge in [-0.1, -0.05) is 66.2 Å². The van der Waals surface area contributed by atoms with Crippen molar-refractivity contribution in [2.24, 2.45) is 0 Å². The number of carbonyl (C=O) groups excluding carboxylic acids is 1. The lowest BCUT2D eigenvalue weighted by molar-refractivity contribution is -0.118. The van der Waals surface area contributed by atoms with E-state index < -0.39 is 6.04 Å². The number of rotatable bonds is 8. The van der Waals surface area contributed by atoms with E-state index >= 15 is 0 Å². The number of methoxy groups -OCH3 is 1. The van der Waals surface area contributed by atoms with E-state index in [0.29, 0.717) is 46.9 Å².